The molecule has 0 aliphatic carbocycles. The Morgan fingerprint density at radius 1 is 1.04 bits per heavy atom. The van der Waals surface area contributed by atoms with Gasteiger partial charge in [0, 0.05) is 24.9 Å². The molecule has 0 saturated heterocycles. The van der Waals surface area contributed by atoms with Gasteiger partial charge in [0.15, 0.2) is 5.78 Å². The van der Waals surface area contributed by atoms with Gasteiger partial charge in [-0.15, -0.1) is 0 Å². The Balaban J connectivity index is 1.63. The predicted molar refractivity (Wildman–Crippen MR) is 103 cm³/mol. The summed E-state index contributed by atoms with van der Waals surface area (Å²) < 4.78 is 10.4. The Morgan fingerprint density at radius 3 is 2.52 bits per heavy atom. The lowest BCUT2D eigenvalue weighted by molar-refractivity contribution is -0.133. The van der Waals surface area contributed by atoms with Gasteiger partial charge in [0.25, 0.3) is 0 Å². The maximum Gasteiger partial charge on any atom is 0.223 e. The first kappa shape index (κ1) is 19.0. The van der Waals surface area contributed by atoms with Crippen molar-refractivity contribution in [3.8, 4) is 11.5 Å². The molecule has 2 aromatic rings. The zero-order valence-electron chi connectivity index (χ0n) is 16.0. The van der Waals surface area contributed by atoms with E-state index in [1.165, 1.54) is 5.56 Å². The molecule has 0 radical (unpaired) electrons. The van der Waals surface area contributed by atoms with Crippen LogP contribution < -0.4 is 9.47 Å². The molecule has 1 unspecified atom stereocenters. The fourth-order valence-corrected chi connectivity index (χ4v) is 3.58. The number of ketones is 1. The molecule has 5 nitrogen and oxygen atoms in total. The van der Waals surface area contributed by atoms with Crippen molar-refractivity contribution in [2.24, 2.45) is 0 Å². The van der Waals surface area contributed by atoms with Gasteiger partial charge in [-0.3, -0.25) is 9.59 Å². The van der Waals surface area contributed by atoms with Crippen LogP contribution in [-0.2, 0) is 11.2 Å². The van der Waals surface area contributed by atoms with Gasteiger partial charge in [-0.25, -0.2) is 0 Å². The molecule has 2 aromatic carbocycles. The number of ether oxygens (including phenoxy) is 2. The van der Waals surface area contributed by atoms with Crippen molar-refractivity contribution in [2.75, 3.05) is 20.8 Å². The van der Waals surface area contributed by atoms with E-state index >= 15 is 0 Å². The molecule has 0 fully saturated rings. The van der Waals surface area contributed by atoms with E-state index in [4.69, 9.17) is 9.47 Å². The van der Waals surface area contributed by atoms with Crippen LogP contribution in [0, 0.1) is 0 Å². The summed E-state index contributed by atoms with van der Waals surface area (Å²) in [5, 5.41) is 0. The zero-order valence-corrected chi connectivity index (χ0v) is 16.0. The Morgan fingerprint density at radius 2 is 1.78 bits per heavy atom. The molecule has 5 heteroatoms. The molecule has 1 aliphatic rings. The Labute approximate surface area is 159 Å². The number of carbonyl (C=O) groups is 2. The zero-order chi connectivity index (χ0) is 19.4. The van der Waals surface area contributed by atoms with Gasteiger partial charge in [0.05, 0.1) is 20.3 Å². The molecule has 1 amide bonds. The number of Topliss-reactive ketones (excluding diaryl/α,β-unsaturated/α-hetero) is 1. The monoisotopic (exact) mass is 367 g/mol. The fraction of sp³-hybridized carbons (Fsp3) is 0.364. The summed E-state index contributed by atoms with van der Waals surface area (Å²) in [6.45, 7) is 2.69. The number of amides is 1. The average Bonchev–Trinajstić information content (AvgIpc) is 2.71. The largest absolute Gasteiger partial charge is 0.497 e. The van der Waals surface area contributed by atoms with Crippen LogP contribution in [0.1, 0.15) is 47.3 Å². The topological polar surface area (TPSA) is 55.8 Å². The van der Waals surface area contributed by atoms with Crippen molar-refractivity contribution in [2.45, 2.75) is 32.2 Å². The van der Waals surface area contributed by atoms with E-state index in [9.17, 15) is 9.59 Å². The molecule has 0 saturated carbocycles. The van der Waals surface area contributed by atoms with E-state index in [1.807, 2.05) is 30.0 Å². The van der Waals surface area contributed by atoms with Crippen molar-refractivity contribution in [1.82, 2.24) is 4.90 Å². The molecule has 1 aliphatic heterocycles. The number of rotatable bonds is 6. The summed E-state index contributed by atoms with van der Waals surface area (Å²) in [4.78, 5) is 27.0. The highest BCUT2D eigenvalue weighted by Crippen LogP contribution is 2.32. The minimum atomic E-state index is -0.0444. The van der Waals surface area contributed by atoms with Gasteiger partial charge in [-0.05, 0) is 48.7 Å². The number of carbonyl (C=O) groups excluding carboxylic acids is 2. The molecule has 0 N–H and O–H groups in total. The summed E-state index contributed by atoms with van der Waals surface area (Å²) in [7, 11) is 3.22. The van der Waals surface area contributed by atoms with Gasteiger partial charge < -0.3 is 14.4 Å². The van der Waals surface area contributed by atoms with Crippen molar-refractivity contribution in [1.29, 1.82) is 0 Å². The van der Waals surface area contributed by atoms with Crippen LogP contribution >= 0.6 is 0 Å². The van der Waals surface area contributed by atoms with Crippen LogP contribution in [0.4, 0.5) is 0 Å². The fourth-order valence-electron chi connectivity index (χ4n) is 3.58. The van der Waals surface area contributed by atoms with Crippen LogP contribution in [0.25, 0.3) is 0 Å². The number of methoxy groups -OCH3 is 2. The highest BCUT2D eigenvalue weighted by molar-refractivity contribution is 5.98. The van der Waals surface area contributed by atoms with E-state index in [1.54, 1.807) is 38.5 Å². The van der Waals surface area contributed by atoms with Crippen molar-refractivity contribution < 1.29 is 19.1 Å². The number of hydrogen-bond donors (Lipinski definition) is 0. The van der Waals surface area contributed by atoms with Crippen LogP contribution in [0.15, 0.2) is 42.5 Å². The maximum absolute atomic E-state index is 12.7. The van der Waals surface area contributed by atoms with Crippen LogP contribution in [0.5, 0.6) is 11.5 Å². The summed E-state index contributed by atoms with van der Waals surface area (Å²) in [6.07, 6.45) is 1.21. The average molecular weight is 367 g/mol. The third-order valence-electron chi connectivity index (χ3n) is 5.17. The van der Waals surface area contributed by atoms with E-state index in [0.717, 1.165) is 17.7 Å². The molecule has 0 aromatic heterocycles. The first-order valence-electron chi connectivity index (χ1n) is 9.17. The van der Waals surface area contributed by atoms with Crippen LogP contribution in [0.3, 0.4) is 0 Å². The minimum absolute atomic E-state index is 0.000854. The normalized spacial score (nSPS) is 15.8. The van der Waals surface area contributed by atoms with E-state index in [0.29, 0.717) is 17.9 Å². The smallest absolute Gasteiger partial charge is 0.223 e. The quantitative estimate of drug-likeness (QED) is 0.729. The Hall–Kier alpha value is -2.82. The van der Waals surface area contributed by atoms with E-state index < -0.39 is 0 Å². The van der Waals surface area contributed by atoms with Gasteiger partial charge in [0.2, 0.25) is 5.91 Å². The Bertz CT molecular complexity index is 846. The molecule has 3 rings (SSSR count). The molecule has 27 heavy (non-hydrogen) atoms. The SMILES string of the molecule is COc1cccc(C(=O)CCC(=O)N2CCc3cc(OC)ccc3C2C)c1. The second-order valence-corrected chi connectivity index (χ2v) is 6.73. The molecule has 1 atom stereocenters. The summed E-state index contributed by atoms with van der Waals surface area (Å²) in [5.41, 5.74) is 2.94. The summed E-state index contributed by atoms with van der Waals surface area (Å²) in [5.74, 6) is 1.45. The first-order valence-corrected chi connectivity index (χ1v) is 9.17. The van der Waals surface area contributed by atoms with Gasteiger partial charge in [-0.2, -0.15) is 0 Å². The highest BCUT2D eigenvalue weighted by atomic mass is 16.5. The van der Waals surface area contributed by atoms with Crippen molar-refractivity contribution in [3.63, 3.8) is 0 Å². The first-order chi connectivity index (χ1) is 13.0. The number of benzene rings is 2. The summed E-state index contributed by atoms with van der Waals surface area (Å²) in [6, 6.07) is 13.0. The lowest BCUT2D eigenvalue weighted by atomic mass is 9.92. The van der Waals surface area contributed by atoms with Gasteiger partial charge in [0.1, 0.15) is 11.5 Å². The standard InChI is InChI=1S/C22H25NO4/c1-15-20-8-7-19(27-3)13-16(20)11-12-23(15)22(25)10-9-21(24)17-5-4-6-18(14-17)26-2/h4-8,13-15H,9-12H2,1-3H3. The maximum atomic E-state index is 12.7. The van der Waals surface area contributed by atoms with Gasteiger partial charge >= 0.3 is 0 Å². The van der Waals surface area contributed by atoms with Crippen LogP contribution in [0.2, 0.25) is 0 Å². The minimum Gasteiger partial charge on any atom is -0.497 e. The lowest BCUT2D eigenvalue weighted by Gasteiger charge is -2.35. The second-order valence-electron chi connectivity index (χ2n) is 6.73. The van der Waals surface area contributed by atoms with E-state index in [2.05, 4.69) is 0 Å². The number of hydrogen-bond acceptors (Lipinski definition) is 4. The molecule has 1 heterocycles. The Kier molecular flexibility index (Phi) is 5.79. The molecular weight excluding hydrogens is 342 g/mol. The molecular formula is C22H25NO4. The highest BCUT2D eigenvalue weighted by Gasteiger charge is 2.28. The third kappa shape index (κ3) is 4.13. The number of fused-ring (bicyclic) bond motifs is 1. The number of nitrogens with zero attached hydrogens (tertiary/aromatic N) is 1. The second kappa shape index (κ2) is 8.25. The van der Waals surface area contributed by atoms with Crippen molar-refractivity contribution >= 4 is 11.7 Å². The van der Waals surface area contributed by atoms with Crippen molar-refractivity contribution in [3.05, 3.63) is 59.2 Å². The third-order valence-corrected chi connectivity index (χ3v) is 5.17. The van der Waals surface area contributed by atoms with Crippen LogP contribution in [-0.4, -0.2) is 37.4 Å². The predicted octanol–water partition coefficient (Wildman–Crippen LogP) is 3.81. The van der Waals surface area contributed by atoms with E-state index in [-0.39, 0.29) is 30.6 Å². The molecule has 142 valence electrons. The molecule has 0 bridgehead atoms. The van der Waals surface area contributed by atoms with Gasteiger partial charge in [-0.1, -0.05) is 18.2 Å². The summed E-state index contributed by atoms with van der Waals surface area (Å²) >= 11 is 0. The lowest BCUT2D eigenvalue weighted by Crippen LogP contribution is -2.38. The molecule has 0 spiro atoms.